The molecule has 8 aromatic rings. The number of benzene rings is 6. The number of nitrogens with zero attached hydrogens (tertiary/aromatic N) is 2. The molecule has 3 heterocycles. The summed E-state index contributed by atoms with van der Waals surface area (Å²) < 4.78 is 2.40. The van der Waals surface area contributed by atoms with Crippen molar-refractivity contribution >= 4 is 61.8 Å². The Morgan fingerprint density at radius 2 is 1.29 bits per heavy atom. The molecule has 6 aromatic carbocycles. The Morgan fingerprint density at radius 1 is 0.600 bits per heavy atom. The van der Waals surface area contributed by atoms with Gasteiger partial charge in [-0.3, -0.25) is 0 Å². The van der Waals surface area contributed by atoms with Crippen molar-refractivity contribution < 1.29 is 0 Å². The lowest BCUT2D eigenvalue weighted by Crippen LogP contribution is -2.13. The highest BCUT2D eigenvalue weighted by Crippen LogP contribution is 2.53. The summed E-state index contributed by atoms with van der Waals surface area (Å²) in [6, 6.07) is 48.7. The quantitative estimate of drug-likeness (QED) is 0.198. The highest BCUT2D eigenvalue weighted by molar-refractivity contribution is 8.00. The summed E-state index contributed by atoms with van der Waals surface area (Å²) in [5.41, 5.74) is 9.88. The first-order chi connectivity index (χ1) is 22.3. The minimum Gasteiger partial charge on any atom is -0.309 e. The van der Waals surface area contributed by atoms with Crippen LogP contribution >= 0.6 is 23.1 Å². The number of thioether (sulfide) groups is 1. The summed E-state index contributed by atoms with van der Waals surface area (Å²) in [4.78, 5) is 7.91. The number of hydrogen-bond donors (Lipinski definition) is 0. The molecule has 2 aromatic heterocycles. The van der Waals surface area contributed by atoms with Gasteiger partial charge in [0.25, 0.3) is 0 Å². The maximum atomic E-state index is 5.22. The first kappa shape index (κ1) is 25.4. The van der Waals surface area contributed by atoms with Crippen LogP contribution < -0.4 is 0 Å². The number of para-hydroxylation sites is 1. The molecule has 0 saturated carbocycles. The molecule has 0 fully saturated rings. The summed E-state index contributed by atoms with van der Waals surface area (Å²) >= 11 is 3.77. The molecule has 0 radical (unpaired) electrons. The van der Waals surface area contributed by atoms with Crippen LogP contribution in [0.15, 0.2) is 144 Å². The minimum atomic E-state index is 0.349. The first-order valence-electron chi connectivity index (χ1n) is 15.4. The molecule has 45 heavy (non-hydrogen) atoms. The van der Waals surface area contributed by atoms with E-state index in [-0.39, 0.29) is 0 Å². The third kappa shape index (κ3) is 3.92. The van der Waals surface area contributed by atoms with E-state index in [1.165, 1.54) is 76.0 Å². The molecule has 0 saturated heterocycles. The molecular formula is C41H26N2S2. The molecule has 212 valence electrons. The Bertz CT molecular complexity index is 2460. The zero-order valence-corrected chi connectivity index (χ0v) is 25.9. The Balaban J connectivity index is 0.986. The van der Waals surface area contributed by atoms with Crippen LogP contribution in [0, 0.1) is 0 Å². The second-order valence-electron chi connectivity index (χ2n) is 11.9. The highest BCUT2D eigenvalue weighted by Gasteiger charge is 2.38. The lowest BCUT2D eigenvalue weighted by atomic mass is 9.89. The molecule has 0 N–H and O–H groups in total. The molecule has 0 spiro atoms. The van der Waals surface area contributed by atoms with Crippen molar-refractivity contribution in [1.82, 2.24) is 9.55 Å². The molecule has 1 aliphatic heterocycles. The van der Waals surface area contributed by atoms with E-state index < -0.39 is 0 Å². The fraction of sp³-hybridized carbons (Fsp3) is 0.0488. The summed E-state index contributed by atoms with van der Waals surface area (Å²) in [5.74, 6) is 0.349. The predicted octanol–water partition coefficient (Wildman–Crippen LogP) is 11.4. The topological polar surface area (TPSA) is 17.8 Å². The third-order valence-corrected chi connectivity index (χ3v) is 11.8. The molecule has 2 atom stereocenters. The fourth-order valence-electron chi connectivity index (χ4n) is 7.22. The molecular weight excluding hydrogens is 585 g/mol. The summed E-state index contributed by atoms with van der Waals surface area (Å²) in [5, 5.41) is 6.64. The Labute approximate surface area is 269 Å². The Kier molecular flexibility index (Phi) is 5.54. The van der Waals surface area contributed by atoms with Gasteiger partial charge in [0, 0.05) is 38.1 Å². The average Bonchev–Trinajstić information content (AvgIpc) is 3.79. The van der Waals surface area contributed by atoms with Crippen LogP contribution in [0.5, 0.6) is 0 Å². The molecule has 2 nitrogen and oxygen atoms in total. The van der Waals surface area contributed by atoms with E-state index >= 15 is 0 Å². The predicted molar refractivity (Wildman–Crippen MR) is 192 cm³/mol. The van der Waals surface area contributed by atoms with E-state index in [9.17, 15) is 0 Å². The Hall–Kier alpha value is -4.90. The lowest BCUT2D eigenvalue weighted by Gasteiger charge is -2.19. The number of fused-ring (bicyclic) bond motifs is 9. The van der Waals surface area contributed by atoms with Gasteiger partial charge in [0.1, 0.15) is 5.01 Å². The normalized spacial score (nSPS) is 16.7. The van der Waals surface area contributed by atoms with Gasteiger partial charge in [-0.05, 0) is 69.9 Å². The van der Waals surface area contributed by atoms with Crippen molar-refractivity contribution in [3.63, 3.8) is 0 Å². The van der Waals surface area contributed by atoms with Gasteiger partial charge in [-0.1, -0.05) is 103 Å². The van der Waals surface area contributed by atoms with E-state index in [0.717, 1.165) is 5.01 Å². The Morgan fingerprint density at radius 3 is 2.13 bits per heavy atom. The van der Waals surface area contributed by atoms with Crippen LogP contribution in [0.2, 0.25) is 0 Å². The van der Waals surface area contributed by atoms with E-state index in [4.69, 9.17) is 4.98 Å². The average molecular weight is 611 g/mol. The van der Waals surface area contributed by atoms with Crippen molar-refractivity contribution in [2.45, 2.75) is 16.1 Å². The number of rotatable bonds is 3. The van der Waals surface area contributed by atoms with Crippen molar-refractivity contribution in [1.29, 1.82) is 0 Å². The largest absolute Gasteiger partial charge is 0.309 e. The molecule has 2 unspecified atom stereocenters. The van der Waals surface area contributed by atoms with Crippen LogP contribution in [0.3, 0.4) is 0 Å². The second kappa shape index (κ2) is 9.80. The SMILES string of the molecule is C1=CC2Sc3ccccc3C2c2nc(-c3ccc(-c4ccc(-n5c6ccccc6c6cc7ccccc7cc65)cc4)cc3)sc21. The van der Waals surface area contributed by atoms with E-state index in [0.29, 0.717) is 11.2 Å². The van der Waals surface area contributed by atoms with Crippen molar-refractivity contribution in [2.24, 2.45) is 0 Å². The standard InChI is InChI=1S/C41H26N2S2/c1-2-8-29-24-35-33(23-28(29)7-1)31-9-3-5-11-34(31)43(35)30-19-17-26(18-20-30)25-13-15-27(16-14-25)41-42-40-38(45-41)22-21-37-39(40)32-10-4-6-12-36(32)44-37/h1-24,37,39H. The van der Waals surface area contributed by atoms with Gasteiger partial charge in [0.2, 0.25) is 0 Å². The maximum absolute atomic E-state index is 5.22. The smallest absolute Gasteiger partial charge is 0.124 e. The lowest BCUT2D eigenvalue weighted by molar-refractivity contribution is 0.817. The fourth-order valence-corrected chi connectivity index (χ4v) is 9.60. The van der Waals surface area contributed by atoms with Gasteiger partial charge in [-0.15, -0.1) is 23.1 Å². The minimum absolute atomic E-state index is 0.349. The summed E-state index contributed by atoms with van der Waals surface area (Å²) in [7, 11) is 0. The molecule has 10 rings (SSSR count). The summed E-state index contributed by atoms with van der Waals surface area (Å²) in [6.07, 6.45) is 4.65. The zero-order chi connectivity index (χ0) is 29.5. The number of hydrogen-bond acceptors (Lipinski definition) is 3. The zero-order valence-electron chi connectivity index (χ0n) is 24.2. The molecule has 4 heteroatoms. The third-order valence-electron chi connectivity index (χ3n) is 9.39. The van der Waals surface area contributed by atoms with Crippen molar-refractivity contribution in [3.8, 4) is 27.4 Å². The van der Waals surface area contributed by atoms with Crippen molar-refractivity contribution in [2.75, 3.05) is 0 Å². The van der Waals surface area contributed by atoms with Crippen molar-refractivity contribution in [3.05, 3.63) is 156 Å². The maximum Gasteiger partial charge on any atom is 0.124 e. The van der Waals surface area contributed by atoms with E-state index in [1.54, 1.807) is 11.3 Å². The van der Waals surface area contributed by atoms with Gasteiger partial charge >= 0.3 is 0 Å². The van der Waals surface area contributed by atoms with E-state index in [2.05, 4.69) is 150 Å². The molecule has 0 bridgehead atoms. The molecule has 0 amide bonds. The highest BCUT2D eigenvalue weighted by atomic mass is 32.2. The number of thiazole rings is 1. The van der Waals surface area contributed by atoms with Gasteiger partial charge < -0.3 is 4.57 Å². The van der Waals surface area contributed by atoms with E-state index in [1.807, 2.05) is 11.8 Å². The van der Waals surface area contributed by atoms with Crippen LogP contribution in [0.4, 0.5) is 0 Å². The van der Waals surface area contributed by atoms with Gasteiger partial charge in [-0.25, -0.2) is 4.98 Å². The monoisotopic (exact) mass is 610 g/mol. The van der Waals surface area contributed by atoms with Crippen LogP contribution in [0.1, 0.15) is 22.1 Å². The van der Waals surface area contributed by atoms with Crippen LogP contribution in [-0.4, -0.2) is 14.8 Å². The van der Waals surface area contributed by atoms with Crippen LogP contribution in [0.25, 0.3) is 66.0 Å². The molecule has 1 aliphatic carbocycles. The second-order valence-corrected chi connectivity index (χ2v) is 14.2. The number of aromatic nitrogens is 2. The van der Waals surface area contributed by atoms with Gasteiger partial charge in [-0.2, -0.15) is 0 Å². The first-order valence-corrected chi connectivity index (χ1v) is 17.1. The van der Waals surface area contributed by atoms with Gasteiger partial charge in [0.15, 0.2) is 0 Å². The van der Waals surface area contributed by atoms with Crippen LogP contribution in [-0.2, 0) is 0 Å². The molecule has 2 aliphatic rings. The van der Waals surface area contributed by atoms with Gasteiger partial charge in [0.05, 0.1) is 21.6 Å². The summed E-state index contributed by atoms with van der Waals surface area (Å²) in [6.45, 7) is 0.